The third kappa shape index (κ3) is 3.06. The average molecular weight is 399 g/mol. The second-order valence-corrected chi connectivity index (χ2v) is 8.42. The van der Waals surface area contributed by atoms with Crippen LogP contribution in [-0.2, 0) is 13.0 Å². The molecule has 3 aromatic rings. The average Bonchev–Trinajstić information content (AvgIpc) is 3.13. The van der Waals surface area contributed by atoms with Gasteiger partial charge in [-0.25, -0.2) is 4.68 Å². The molecular formula is C25H25N3O2. The summed E-state index contributed by atoms with van der Waals surface area (Å²) in [5.74, 6) is 0.474. The maximum absolute atomic E-state index is 10.7. The van der Waals surface area contributed by atoms with Crippen LogP contribution in [0.5, 0.6) is 0 Å². The van der Waals surface area contributed by atoms with Crippen LogP contribution in [0.3, 0.4) is 0 Å². The highest BCUT2D eigenvalue weighted by Gasteiger charge is 2.60. The lowest BCUT2D eigenvalue weighted by molar-refractivity contribution is 0.0997. The highest BCUT2D eigenvalue weighted by Crippen LogP contribution is 2.69. The fraction of sp³-hybridized carbons (Fsp3) is 0.280. The number of aliphatic hydroxyl groups excluding tert-OH is 1. The van der Waals surface area contributed by atoms with Crippen molar-refractivity contribution in [1.29, 1.82) is 0 Å². The fourth-order valence-electron chi connectivity index (χ4n) is 5.14. The zero-order chi connectivity index (χ0) is 20.7. The summed E-state index contributed by atoms with van der Waals surface area (Å²) in [5.41, 5.74) is 12.2. The standard InChI is InChI=1S/C17H16N2.C8H9NO2/c1-2-4-15(5-3-1)19-16-8-13-6-7-14-10-17(13,14)9-12(16)11-18-19;9-8(11)7-4-2-1-3-6(7)5-10/h1-5,8,11,14H,6-7,9-10H2;1-4,10H,5H2,(H2,9,11)/t14-,17?;/m1./s1. The van der Waals surface area contributed by atoms with E-state index in [9.17, 15) is 4.79 Å². The van der Waals surface area contributed by atoms with E-state index in [0.29, 0.717) is 16.5 Å². The lowest BCUT2D eigenvalue weighted by Gasteiger charge is -2.21. The first-order valence-corrected chi connectivity index (χ1v) is 10.4. The van der Waals surface area contributed by atoms with Gasteiger partial charge in [-0.3, -0.25) is 4.79 Å². The first kappa shape index (κ1) is 18.8. The van der Waals surface area contributed by atoms with Crippen molar-refractivity contribution in [1.82, 2.24) is 9.78 Å². The predicted molar refractivity (Wildman–Crippen MR) is 116 cm³/mol. The number of para-hydroxylation sites is 1. The van der Waals surface area contributed by atoms with Gasteiger partial charge in [0.1, 0.15) is 0 Å². The molecule has 2 aromatic carbocycles. The third-order valence-electron chi connectivity index (χ3n) is 6.79. The van der Waals surface area contributed by atoms with Crippen LogP contribution in [0.25, 0.3) is 11.8 Å². The molecule has 2 saturated carbocycles. The quantitative estimate of drug-likeness (QED) is 0.701. The molecule has 30 heavy (non-hydrogen) atoms. The lowest BCUT2D eigenvalue weighted by Crippen LogP contribution is -2.13. The topological polar surface area (TPSA) is 81.1 Å². The van der Waals surface area contributed by atoms with Gasteiger partial charge < -0.3 is 10.8 Å². The number of nitrogens with zero attached hydrogens (tertiary/aromatic N) is 2. The van der Waals surface area contributed by atoms with E-state index in [1.807, 2.05) is 0 Å². The van der Waals surface area contributed by atoms with Crippen molar-refractivity contribution >= 4 is 12.0 Å². The van der Waals surface area contributed by atoms with Gasteiger partial charge in [0.15, 0.2) is 0 Å². The van der Waals surface area contributed by atoms with Crippen molar-refractivity contribution in [3.8, 4) is 5.69 Å². The minimum absolute atomic E-state index is 0.154. The smallest absolute Gasteiger partial charge is 0.249 e. The minimum atomic E-state index is -0.505. The number of aromatic nitrogens is 2. The first-order chi connectivity index (χ1) is 14.6. The molecule has 5 heteroatoms. The van der Waals surface area contributed by atoms with E-state index in [4.69, 9.17) is 10.8 Å². The van der Waals surface area contributed by atoms with Gasteiger partial charge in [-0.15, -0.1) is 0 Å². The van der Waals surface area contributed by atoms with Gasteiger partial charge >= 0.3 is 0 Å². The van der Waals surface area contributed by atoms with Crippen molar-refractivity contribution in [3.05, 3.63) is 88.8 Å². The normalized spacial score (nSPS) is 22.7. The Morgan fingerprint density at radius 1 is 1.17 bits per heavy atom. The Morgan fingerprint density at radius 3 is 2.63 bits per heavy atom. The van der Waals surface area contributed by atoms with E-state index in [1.54, 1.807) is 29.8 Å². The summed E-state index contributed by atoms with van der Waals surface area (Å²) in [6.07, 6.45) is 9.89. The molecule has 3 aliphatic rings. The number of hydrogen-bond donors (Lipinski definition) is 2. The van der Waals surface area contributed by atoms with Crippen LogP contribution in [-0.4, -0.2) is 20.8 Å². The Kier molecular flexibility index (Phi) is 4.55. The number of fused-ring (bicyclic) bond motifs is 1. The van der Waals surface area contributed by atoms with Crippen molar-refractivity contribution in [2.45, 2.75) is 32.3 Å². The zero-order valence-electron chi connectivity index (χ0n) is 16.8. The highest BCUT2D eigenvalue weighted by atomic mass is 16.3. The molecule has 1 spiro atoms. The van der Waals surface area contributed by atoms with Gasteiger partial charge in [0, 0.05) is 5.56 Å². The number of rotatable bonds is 3. The van der Waals surface area contributed by atoms with E-state index in [1.165, 1.54) is 42.6 Å². The van der Waals surface area contributed by atoms with E-state index < -0.39 is 5.91 Å². The fourth-order valence-corrected chi connectivity index (χ4v) is 5.14. The van der Waals surface area contributed by atoms with Crippen LogP contribution < -0.4 is 5.73 Å². The van der Waals surface area contributed by atoms with Crippen molar-refractivity contribution in [3.63, 3.8) is 0 Å². The summed E-state index contributed by atoms with van der Waals surface area (Å²) < 4.78 is 2.10. The van der Waals surface area contributed by atoms with E-state index in [2.05, 4.69) is 52.4 Å². The number of nitrogens with two attached hydrogens (primary N) is 1. The maximum Gasteiger partial charge on any atom is 0.249 e. The SMILES string of the molecule is C1=C2CC[C@@H]3CC23Cc2cnn(-c3ccccc3)c21.NC(=O)c1ccccc1CO. The van der Waals surface area contributed by atoms with Crippen LogP contribution in [0.2, 0.25) is 0 Å². The Bertz CT molecular complexity index is 1130. The summed E-state index contributed by atoms with van der Waals surface area (Å²) >= 11 is 0. The molecule has 1 aromatic heterocycles. The van der Waals surface area contributed by atoms with Gasteiger partial charge in [-0.05, 0) is 72.4 Å². The summed E-state index contributed by atoms with van der Waals surface area (Å²) in [7, 11) is 0. The third-order valence-corrected chi connectivity index (χ3v) is 6.79. The Balaban J connectivity index is 0.000000151. The molecule has 1 unspecified atom stereocenters. The summed E-state index contributed by atoms with van der Waals surface area (Å²) in [6.45, 7) is -0.154. The van der Waals surface area contributed by atoms with Crippen LogP contribution in [0, 0.1) is 11.3 Å². The van der Waals surface area contributed by atoms with Gasteiger partial charge in [0.2, 0.25) is 5.91 Å². The van der Waals surface area contributed by atoms with E-state index in [0.717, 1.165) is 5.92 Å². The van der Waals surface area contributed by atoms with Crippen LogP contribution in [0.4, 0.5) is 0 Å². The number of hydrogen-bond acceptors (Lipinski definition) is 3. The summed E-state index contributed by atoms with van der Waals surface area (Å²) in [5, 5.41) is 13.4. The van der Waals surface area contributed by atoms with Crippen LogP contribution in [0.1, 0.15) is 46.4 Å². The highest BCUT2D eigenvalue weighted by molar-refractivity contribution is 5.94. The molecule has 0 radical (unpaired) electrons. The molecule has 152 valence electrons. The monoisotopic (exact) mass is 399 g/mol. The van der Waals surface area contributed by atoms with Crippen molar-refractivity contribution in [2.75, 3.05) is 0 Å². The molecule has 3 aliphatic carbocycles. The molecular weight excluding hydrogens is 374 g/mol. The molecule has 0 saturated heterocycles. The molecule has 3 N–H and O–H groups in total. The number of allylic oxidation sites excluding steroid dienone is 1. The Hall–Kier alpha value is -3.18. The summed E-state index contributed by atoms with van der Waals surface area (Å²) in [4.78, 5) is 10.7. The first-order valence-electron chi connectivity index (χ1n) is 10.4. The van der Waals surface area contributed by atoms with Gasteiger partial charge in [-0.2, -0.15) is 5.10 Å². The molecule has 0 aliphatic heterocycles. The minimum Gasteiger partial charge on any atom is -0.392 e. The number of carbonyl (C=O) groups excluding carboxylic acids is 1. The molecule has 0 bridgehead atoms. The number of aliphatic hydroxyl groups is 1. The van der Waals surface area contributed by atoms with E-state index in [-0.39, 0.29) is 6.61 Å². The number of amides is 1. The molecule has 1 heterocycles. The Labute approximate surface area is 175 Å². The zero-order valence-corrected chi connectivity index (χ0v) is 16.8. The number of carbonyl (C=O) groups is 1. The predicted octanol–water partition coefficient (Wildman–Crippen LogP) is 3.89. The largest absolute Gasteiger partial charge is 0.392 e. The van der Waals surface area contributed by atoms with Gasteiger partial charge in [0.25, 0.3) is 0 Å². The van der Waals surface area contributed by atoms with E-state index >= 15 is 0 Å². The number of primary amides is 1. The van der Waals surface area contributed by atoms with Gasteiger partial charge in [-0.1, -0.05) is 42.0 Å². The summed E-state index contributed by atoms with van der Waals surface area (Å²) in [6, 6.07) is 17.2. The molecule has 2 fully saturated rings. The van der Waals surface area contributed by atoms with Crippen molar-refractivity contribution in [2.24, 2.45) is 17.1 Å². The molecule has 6 rings (SSSR count). The molecule has 5 nitrogen and oxygen atoms in total. The lowest BCUT2D eigenvalue weighted by atomic mass is 9.84. The van der Waals surface area contributed by atoms with Gasteiger partial charge in [0.05, 0.1) is 24.2 Å². The molecule has 2 atom stereocenters. The second-order valence-electron chi connectivity index (χ2n) is 8.42. The van der Waals surface area contributed by atoms with Crippen LogP contribution >= 0.6 is 0 Å². The number of benzene rings is 2. The second kappa shape index (κ2) is 7.26. The van der Waals surface area contributed by atoms with Crippen molar-refractivity contribution < 1.29 is 9.90 Å². The Morgan fingerprint density at radius 2 is 1.93 bits per heavy atom. The molecule has 1 amide bonds. The maximum atomic E-state index is 10.7. The van der Waals surface area contributed by atoms with Crippen LogP contribution in [0.15, 0.2) is 66.4 Å².